The van der Waals surface area contributed by atoms with Crippen molar-refractivity contribution in [3.8, 4) is 0 Å². The highest BCUT2D eigenvalue weighted by Gasteiger charge is 2.51. The van der Waals surface area contributed by atoms with Gasteiger partial charge in [0.1, 0.15) is 11.9 Å². The van der Waals surface area contributed by atoms with Crippen molar-refractivity contribution >= 4 is 17.7 Å². The van der Waals surface area contributed by atoms with E-state index in [-0.39, 0.29) is 36.9 Å². The molecule has 3 amide bonds. The lowest BCUT2D eigenvalue weighted by Gasteiger charge is -2.32. The van der Waals surface area contributed by atoms with Crippen LogP contribution in [0.15, 0.2) is 59.9 Å². The van der Waals surface area contributed by atoms with Gasteiger partial charge in [-0.05, 0) is 74.4 Å². The van der Waals surface area contributed by atoms with Gasteiger partial charge in [-0.3, -0.25) is 14.4 Å². The highest BCUT2D eigenvalue weighted by atomic mass is 19.2. The Morgan fingerprint density at radius 3 is 2.71 bits per heavy atom. The molecule has 1 unspecified atom stereocenters. The molecule has 8 nitrogen and oxygen atoms in total. The van der Waals surface area contributed by atoms with E-state index >= 15 is 0 Å². The van der Waals surface area contributed by atoms with Crippen LogP contribution in [0.2, 0.25) is 0 Å². The average molecular weight is 577 g/mol. The van der Waals surface area contributed by atoms with Crippen molar-refractivity contribution in [2.45, 2.75) is 57.1 Å². The monoisotopic (exact) mass is 576 g/mol. The summed E-state index contributed by atoms with van der Waals surface area (Å²) < 4.78 is 28.7. The third kappa shape index (κ3) is 4.98. The number of benzene rings is 2. The normalized spacial score (nSPS) is 25.2. The zero-order valence-electron chi connectivity index (χ0n) is 23.6. The topological polar surface area (TPSA) is 111 Å². The lowest BCUT2D eigenvalue weighted by molar-refractivity contribution is -0.135. The number of aliphatic hydroxyl groups is 1. The SMILES string of the molecule is CC(C)(O)CN1C[C@H](c2cccc(F)c2F)CC[C@@H](NC(=O)c2ccc3c(c2)CC2(C3)C(=O)NC3=C2C=CCN3)C1=O. The molecule has 42 heavy (non-hydrogen) atoms. The average Bonchev–Trinajstić information content (AvgIpc) is 3.41. The van der Waals surface area contributed by atoms with Crippen molar-refractivity contribution in [2.75, 3.05) is 19.6 Å². The van der Waals surface area contributed by atoms with Crippen LogP contribution in [0.3, 0.4) is 0 Å². The van der Waals surface area contributed by atoms with Crippen LogP contribution in [0.1, 0.15) is 59.7 Å². The largest absolute Gasteiger partial charge is 0.389 e. The molecule has 220 valence electrons. The molecule has 4 N–H and O–H groups in total. The molecule has 1 fully saturated rings. The predicted molar refractivity (Wildman–Crippen MR) is 151 cm³/mol. The Hall–Kier alpha value is -4.05. The number of nitrogens with one attached hydrogen (secondary N) is 3. The van der Waals surface area contributed by atoms with Gasteiger partial charge >= 0.3 is 0 Å². The number of likely N-dealkylation sites (tertiary alicyclic amines) is 1. The van der Waals surface area contributed by atoms with Gasteiger partial charge in [-0.2, -0.15) is 0 Å². The van der Waals surface area contributed by atoms with E-state index in [2.05, 4.69) is 16.0 Å². The van der Waals surface area contributed by atoms with E-state index in [4.69, 9.17) is 0 Å². The second kappa shape index (κ2) is 10.3. The predicted octanol–water partition coefficient (Wildman–Crippen LogP) is 2.83. The summed E-state index contributed by atoms with van der Waals surface area (Å²) in [6.07, 6.45) is 5.52. The number of carbonyl (C=O) groups excluding carboxylic acids is 3. The molecule has 2 aromatic carbocycles. The van der Waals surface area contributed by atoms with Crippen molar-refractivity contribution in [3.63, 3.8) is 0 Å². The molecule has 3 atom stereocenters. The van der Waals surface area contributed by atoms with Gasteiger partial charge in [-0.25, -0.2) is 8.78 Å². The van der Waals surface area contributed by atoms with Crippen LogP contribution in [0.5, 0.6) is 0 Å². The Morgan fingerprint density at radius 1 is 1.14 bits per heavy atom. The Labute approximate surface area is 242 Å². The molecule has 10 heteroatoms. The number of hydrogen-bond donors (Lipinski definition) is 4. The minimum Gasteiger partial charge on any atom is -0.389 e. The molecule has 0 bridgehead atoms. The Kier molecular flexibility index (Phi) is 6.92. The first-order valence-electron chi connectivity index (χ1n) is 14.3. The Bertz CT molecular complexity index is 1550. The fourth-order valence-corrected chi connectivity index (χ4v) is 6.78. The number of hydrogen-bond acceptors (Lipinski definition) is 5. The minimum atomic E-state index is -1.24. The highest BCUT2D eigenvalue weighted by Crippen LogP contribution is 2.47. The summed E-state index contributed by atoms with van der Waals surface area (Å²) in [4.78, 5) is 41.6. The van der Waals surface area contributed by atoms with Crippen molar-refractivity contribution < 1.29 is 28.3 Å². The van der Waals surface area contributed by atoms with Crippen LogP contribution in [-0.4, -0.2) is 59.0 Å². The van der Waals surface area contributed by atoms with Crippen LogP contribution in [0.25, 0.3) is 0 Å². The van der Waals surface area contributed by atoms with E-state index in [0.717, 1.165) is 28.6 Å². The molecular weight excluding hydrogens is 542 g/mol. The third-order valence-electron chi connectivity index (χ3n) is 8.75. The van der Waals surface area contributed by atoms with E-state index < -0.39 is 40.5 Å². The lowest BCUT2D eigenvalue weighted by Crippen LogP contribution is -2.51. The third-order valence-corrected chi connectivity index (χ3v) is 8.75. The number of halogens is 2. The molecule has 1 saturated heterocycles. The summed E-state index contributed by atoms with van der Waals surface area (Å²) in [5.74, 6) is -2.56. The first-order chi connectivity index (χ1) is 19.9. The van der Waals surface area contributed by atoms with E-state index in [1.807, 2.05) is 18.2 Å². The molecule has 0 radical (unpaired) electrons. The second-order valence-electron chi connectivity index (χ2n) is 12.4. The molecule has 2 aromatic rings. The molecule has 0 saturated carbocycles. The van der Waals surface area contributed by atoms with Crippen LogP contribution in [0, 0.1) is 17.0 Å². The fourth-order valence-electron chi connectivity index (χ4n) is 6.78. The minimum absolute atomic E-state index is 0.0320. The summed E-state index contributed by atoms with van der Waals surface area (Å²) in [5, 5.41) is 19.5. The molecule has 3 aliphatic heterocycles. The van der Waals surface area contributed by atoms with E-state index in [9.17, 15) is 28.3 Å². The maximum atomic E-state index is 14.7. The van der Waals surface area contributed by atoms with Gasteiger partial charge in [0.25, 0.3) is 5.91 Å². The van der Waals surface area contributed by atoms with Crippen LogP contribution >= 0.6 is 0 Å². The summed E-state index contributed by atoms with van der Waals surface area (Å²) in [6.45, 7) is 3.83. The number of carbonyl (C=O) groups is 3. The summed E-state index contributed by atoms with van der Waals surface area (Å²) in [5.41, 5.74) is 1.42. The van der Waals surface area contributed by atoms with Crippen molar-refractivity contribution in [3.05, 3.63) is 93.8 Å². The number of amides is 3. The van der Waals surface area contributed by atoms with Crippen molar-refractivity contribution in [1.29, 1.82) is 0 Å². The quantitative estimate of drug-likeness (QED) is 0.438. The maximum Gasteiger partial charge on any atom is 0.251 e. The lowest BCUT2D eigenvalue weighted by atomic mass is 9.78. The molecule has 1 spiro atoms. The number of dihydropyridines is 1. The smallest absolute Gasteiger partial charge is 0.251 e. The van der Waals surface area contributed by atoms with Gasteiger partial charge in [-0.15, -0.1) is 0 Å². The first kappa shape index (κ1) is 28.1. The Morgan fingerprint density at radius 2 is 1.93 bits per heavy atom. The van der Waals surface area contributed by atoms with E-state index in [1.165, 1.54) is 17.0 Å². The molecule has 4 aliphatic rings. The molecule has 6 rings (SSSR count). The first-order valence-corrected chi connectivity index (χ1v) is 14.3. The number of β-amino-alcohol motifs (C(OH)–C–C–N with tert-alkyl or cyclic N) is 1. The zero-order chi connectivity index (χ0) is 29.8. The van der Waals surface area contributed by atoms with E-state index in [1.54, 1.807) is 26.0 Å². The van der Waals surface area contributed by atoms with Gasteiger partial charge in [0.05, 0.1) is 11.0 Å². The number of nitrogens with zero attached hydrogens (tertiary/aromatic N) is 1. The number of fused-ring (bicyclic) bond motifs is 2. The van der Waals surface area contributed by atoms with E-state index in [0.29, 0.717) is 31.4 Å². The van der Waals surface area contributed by atoms with Gasteiger partial charge < -0.3 is 26.0 Å². The second-order valence-corrected chi connectivity index (χ2v) is 12.4. The number of allylic oxidation sites excluding steroid dienone is 1. The maximum absolute atomic E-state index is 14.7. The number of rotatable bonds is 5. The molecular formula is C32H34F2N4O4. The summed E-state index contributed by atoms with van der Waals surface area (Å²) in [7, 11) is 0. The Balaban J connectivity index is 1.22. The van der Waals surface area contributed by atoms with Gasteiger partial charge in [-0.1, -0.05) is 30.4 Å². The summed E-state index contributed by atoms with van der Waals surface area (Å²) in [6, 6.07) is 8.43. The standard InChI is InChI=1S/C32H34F2N4O4/c1-31(2,42)17-38-16-20(22-5-3-7-24(33)26(22)34)10-11-25(29(38)40)36-28(39)18-8-9-19-14-32(15-21(19)13-18)23-6-4-12-35-27(23)37-30(32)41/h3-9,13,20,25,35,42H,10-12,14-17H2,1-2H3,(H,36,39)(H,37,41)/t20-,25-,32?/m1/s1. The molecule has 3 heterocycles. The summed E-state index contributed by atoms with van der Waals surface area (Å²) >= 11 is 0. The highest BCUT2D eigenvalue weighted by molar-refractivity contribution is 5.98. The molecule has 0 aromatic heterocycles. The van der Waals surface area contributed by atoms with Gasteiger partial charge in [0.2, 0.25) is 11.8 Å². The van der Waals surface area contributed by atoms with Crippen LogP contribution < -0.4 is 16.0 Å². The zero-order valence-corrected chi connectivity index (χ0v) is 23.6. The van der Waals surface area contributed by atoms with Crippen LogP contribution in [0.4, 0.5) is 8.78 Å². The van der Waals surface area contributed by atoms with Gasteiger partial charge in [0, 0.05) is 36.7 Å². The van der Waals surface area contributed by atoms with Crippen molar-refractivity contribution in [1.82, 2.24) is 20.9 Å². The fraction of sp³-hybridized carbons (Fsp3) is 0.406. The van der Waals surface area contributed by atoms with Crippen LogP contribution in [-0.2, 0) is 22.4 Å². The van der Waals surface area contributed by atoms with Crippen molar-refractivity contribution in [2.24, 2.45) is 5.41 Å². The molecule has 1 aliphatic carbocycles. The van der Waals surface area contributed by atoms with Gasteiger partial charge in [0.15, 0.2) is 11.6 Å².